The Bertz CT molecular complexity index is 386. The molecule has 0 unspecified atom stereocenters. The number of halogens is 1. The van der Waals surface area contributed by atoms with Gasteiger partial charge in [-0.1, -0.05) is 0 Å². The molecule has 1 rings (SSSR count). The second-order valence-corrected chi connectivity index (χ2v) is 3.97. The highest BCUT2D eigenvalue weighted by atomic mass is 79.9. The third-order valence-electron chi connectivity index (χ3n) is 2.15. The number of aromatic nitrogens is 1. The SMILES string of the molecule is CCN(CCN)c1c(Br)cncc1[N+](=O)[O-]. The van der Waals surface area contributed by atoms with Crippen molar-refractivity contribution in [2.45, 2.75) is 6.92 Å². The molecule has 0 spiro atoms. The Kier molecular flexibility index (Phi) is 4.63. The summed E-state index contributed by atoms with van der Waals surface area (Å²) in [4.78, 5) is 16.1. The maximum atomic E-state index is 10.9. The molecule has 0 radical (unpaired) electrons. The van der Waals surface area contributed by atoms with Crippen LogP contribution in [0, 0.1) is 10.1 Å². The largest absolute Gasteiger partial charge is 0.364 e. The Hall–Kier alpha value is -1.21. The fraction of sp³-hybridized carbons (Fsp3) is 0.444. The first-order chi connectivity index (χ1) is 7.61. The molecule has 1 heterocycles. The van der Waals surface area contributed by atoms with Crippen molar-refractivity contribution in [2.24, 2.45) is 5.73 Å². The van der Waals surface area contributed by atoms with Crippen LogP contribution in [0.2, 0.25) is 0 Å². The number of nitrogens with zero attached hydrogens (tertiary/aromatic N) is 3. The molecule has 16 heavy (non-hydrogen) atoms. The van der Waals surface area contributed by atoms with Crippen LogP contribution in [0.25, 0.3) is 0 Å². The van der Waals surface area contributed by atoms with Gasteiger partial charge in [-0.25, -0.2) is 0 Å². The lowest BCUT2D eigenvalue weighted by molar-refractivity contribution is -0.384. The summed E-state index contributed by atoms with van der Waals surface area (Å²) in [5.74, 6) is 0. The van der Waals surface area contributed by atoms with Crippen LogP contribution < -0.4 is 10.6 Å². The molecule has 0 saturated carbocycles. The number of pyridine rings is 1. The van der Waals surface area contributed by atoms with Gasteiger partial charge in [0.05, 0.1) is 9.40 Å². The van der Waals surface area contributed by atoms with Gasteiger partial charge in [0.2, 0.25) is 0 Å². The lowest BCUT2D eigenvalue weighted by Crippen LogP contribution is -2.30. The zero-order valence-electron chi connectivity index (χ0n) is 8.89. The average molecular weight is 289 g/mol. The number of hydrogen-bond donors (Lipinski definition) is 1. The van der Waals surface area contributed by atoms with Crippen molar-refractivity contribution >= 4 is 27.3 Å². The maximum Gasteiger partial charge on any atom is 0.311 e. The van der Waals surface area contributed by atoms with Gasteiger partial charge in [-0.15, -0.1) is 0 Å². The first-order valence-electron chi connectivity index (χ1n) is 4.84. The van der Waals surface area contributed by atoms with Gasteiger partial charge in [0.25, 0.3) is 0 Å². The Balaban J connectivity index is 3.22. The summed E-state index contributed by atoms with van der Waals surface area (Å²) < 4.78 is 0.608. The normalized spacial score (nSPS) is 10.2. The van der Waals surface area contributed by atoms with E-state index in [-0.39, 0.29) is 5.69 Å². The zero-order valence-corrected chi connectivity index (χ0v) is 10.5. The van der Waals surface area contributed by atoms with Crippen LogP contribution >= 0.6 is 15.9 Å². The minimum atomic E-state index is -0.438. The van der Waals surface area contributed by atoms with E-state index in [4.69, 9.17) is 5.73 Å². The molecule has 0 aliphatic heterocycles. The molecule has 1 aromatic rings. The summed E-state index contributed by atoms with van der Waals surface area (Å²) in [6, 6.07) is 0. The molecule has 0 aliphatic carbocycles. The van der Waals surface area contributed by atoms with E-state index in [1.54, 1.807) is 6.20 Å². The highest BCUT2D eigenvalue weighted by molar-refractivity contribution is 9.10. The second-order valence-electron chi connectivity index (χ2n) is 3.11. The van der Waals surface area contributed by atoms with E-state index in [1.807, 2.05) is 11.8 Å². The van der Waals surface area contributed by atoms with Gasteiger partial charge in [0.15, 0.2) is 0 Å². The molecular formula is C9H13BrN4O2. The van der Waals surface area contributed by atoms with Crippen LogP contribution in [-0.4, -0.2) is 29.5 Å². The number of rotatable bonds is 5. The van der Waals surface area contributed by atoms with Gasteiger partial charge in [0, 0.05) is 25.8 Å². The molecular weight excluding hydrogens is 276 g/mol. The molecule has 0 aliphatic rings. The molecule has 0 amide bonds. The fourth-order valence-corrected chi connectivity index (χ4v) is 2.02. The molecule has 7 heteroatoms. The highest BCUT2D eigenvalue weighted by Crippen LogP contribution is 2.34. The summed E-state index contributed by atoms with van der Waals surface area (Å²) in [6.07, 6.45) is 2.79. The smallest absolute Gasteiger partial charge is 0.311 e. The van der Waals surface area contributed by atoms with Crippen LogP contribution in [0.1, 0.15) is 6.92 Å². The van der Waals surface area contributed by atoms with Gasteiger partial charge in [-0.05, 0) is 22.9 Å². The van der Waals surface area contributed by atoms with Crippen molar-refractivity contribution in [3.05, 3.63) is 27.0 Å². The summed E-state index contributed by atoms with van der Waals surface area (Å²) in [7, 11) is 0. The lowest BCUT2D eigenvalue weighted by atomic mass is 10.3. The summed E-state index contributed by atoms with van der Waals surface area (Å²) >= 11 is 3.28. The number of anilines is 1. The van der Waals surface area contributed by atoms with Gasteiger partial charge in [-0.3, -0.25) is 15.1 Å². The summed E-state index contributed by atoms with van der Waals surface area (Å²) in [5.41, 5.74) is 6.00. The van der Waals surface area contributed by atoms with E-state index in [1.165, 1.54) is 6.20 Å². The van der Waals surface area contributed by atoms with E-state index in [2.05, 4.69) is 20.9 Å². The molecule has 6 nitrogen and oxygen atoms in total. The molecule has 1 aromatic heterocycles. The van der Waals surface area contributed by atoms with Crippen LogP contribution in [0.3, 0.4) is 0 Å². The number of nitrogens with two attached hydrogens (primary N) is 1. The Labute approximate surface area is 102 Å². The minimum absolute atomic E-state index is 0.00956. The molecule has 2 N–H and O–H groups in total. The predicted octanol–water partition coefficient (Wildman–Crippen LogP) is 1.54. The predicted molar refractivity (Wildman–Crippen MR) is 65.5 cm³/mol. The Morgan fingerprint density at radius 3 is 2.81 bits per heavy atom. The van der Waals surface area contributed by atoms with Crippen molar-refractivity contribution in [3.63, 3.8) is 0 Å². The van der Waals surface area contributed by atoms with Crippen molar-refractivity contribution in [3.8, 4) is 0 Å². The molecule has 0 atom stereocenters. The third-order valence-corrected chi connectivity index (χ3v) is 2.73. The number of likely N-dealkylation sites (N-methyl/N-ethyl adjacent to an activating group) is 1. The van der Waals surface area contributed by atoms with E-state index in [0.29, 0.717) is 29.8 Å². The lowest BCUT2D eigenvalue weighted by Gasteiger charge is -2.22. The highest BCUT2D eigenvalue weighted by Gasteiger charge is 2.21. The maximum absolute atomic E-state index is 10.9. The van der Waals surface area contributed by atoms with E-state index in [9.17, 15) is 10.1 Å². The van der Waals surface area contributed by atoms with Crippen molar-refractivity contribution in [2.75, 3.05) is 24.5 Å². The van der Waals surface area contributed by atoms with E-state index >= 15 is 0 Å². The monoisotopic (exact) mass is 288 g/mol. The second kappa shape index (κ2) is 5.76. The van der Waals surface area contributed by atoms with E-state index in [0.717, 1.165) is 0 Å². The zero-order chi connectivity index (χ0) is 12.1. The van der Waals surface area contributed by atoms with Gasteiger partial charge >= 0.3 is 5.69 Å². The van der Waals surface area contributed by atoms with Crippen molar-refractivity contribution in [1.29, 1.82) is 0 Å². The van der Waals surface area contributed by atoms with Gasteiger partial charge in [0.1, 0.15) is 11.9 Å². The first kappa shape index (κ1) is 12.9. The summed E-state index contributed by atoms with van der Waals surface area (Å²) in [6.45, 7) is 3.59. The van der Waals surface area contributed by atoms with E-state index < -0.39 is 4.92 Å². The van der Waals surface area contributed by atoms with Crippen LogP contribution in [0.4, 0.5) is 11.4 Å². The average Bonchev–Trinajstić information content (AvgIpc) is 2.26. The minimum Gasteiger partial charge on any atom is -0.364 e. The van der Waals surface area contributed by atoms with Crippen molar-refractivity contribution < 1.29 is 4.92 Å². The van der Waals surface area contributed by atoms with Crippen LogP contribution in [0.5, 0.6) is 0 Å². The standard InChI is InChI=1S/C9H13BrN4O2/c1-2-13(4-3-11)9-7(10)5-12-6-8(9)14(15)16/h5-6H,2-4,11H2,1H3. The van der Waals surface area contributed by atoms with Crippen LogP contribution in [-0.2, 0) is 0 Å². The molecule has 0 bridgehead atoms. The van der Waals surface area contributed by atoms with Gasteiger partial charge < -0.3 is 10.6 Å². The Morgan fingerprint density at radius 2 is 2.31 bits per heavy atom. The summed E-state index contributed by atoms with van der Waals surface area (Å²) in [5, 5.41) is 10.9. The van der Waals surface area contributed by atoms with Crippen LogP contribution in [0.15, 0.2) is 16.9 Å². The Morgan fingerprint density at radius 1 is 1.62 bits per heavy atom. The van der Waals surface area contributed by atoms with Gasteiger partial charge in [-0.2, -0.15) is 0 Å². The molecule has 88 valence electrons. The topological polar surface area (TPSA) is 85.3 Å². The quantitative estimate of drug-likeness (QED) is 0.656. The molecule has 0 aromatic carbocycles. The third kappa shape index (κ3) is 2.67. The fourth-order valence-electron chi connectivity index (χ4n) is 1.45. The van der Waals surface area contributed by atoms with Crippen molar-refractivity contribution in [1.82, 2.24) is 4.98 Å². The molecule has 0 fully saturated rings. The first-order valence-corrected chi connectivity index (χ1v) is 5.64. The number of hydrogen-bond acceptors (Lipinski definition) is 5. The molecule has 0 saturated heterocycles. The number of nitro groups is 1.